The molecule has 2 rings (SSSR count). The fourth-order valence-electron chi connectivity index (χ4n) is 1.87. The van der Waals surface area contributed by atoms with Crippen molar-refractivity contribution in [3.05, 3.63) is 21.6 Å². The van der Waals surface area contributed by atoms with E-state index in [2.05, 4.69) is 22.2 Å². The first-order chi connectivity index (χ1) is 8.60. The van der Waals surface area contributed by atoms with Crippen LogP contribution in [0.4, 0.5) is 11.5 Å². The molecule has 0 aliphatic heterocycles. The number of halogens is 1. The third-order valence-corrected chi connectivity index (χ3v) is 3.27. The Kier molecular flexibility index (Phi) is 3.96. The lowest BCUT2D eigenvalue weighted by atomic mass is 10.1. The van der Waals surface area contributed by atoms with E-state index in [0.29, 0.717) is 0 Å². The highest BCUT2D eigenvalue weighted by atomic mass is 35.5. The molecule has 1 saturated carbocycles. The highest BCUT2D eigenvalue weighted by molar-refractivity contribution is 6.28. The smallest absolute Gasteiger partial charge is 0.329 e. The first kappa shape index (κ1) is 13.0. The van der Waals surface area contributed by atoms with Crippen LogP contribution < -0.4 is 5.32 Å². The number of hydrogen-bond donors (Lipinski definition) is 1. The standard InChI is InChI=1S/C11H15ClN4O2/c1-2-8(5-7-3-4-7)14-10-9(16(17)18)6-13-11(12)15-10/h6-8H,2-5H2,1H3,(H,13,14,15). The number of hydrogen-bond acceptors (Lipinski definition) is 5. The molecular weight excluding hydrogens is 256 g/mol. The molecule has 0 spiro atoms. The third kappa shape index (κ3) is 3.29. The minimum absolute atomic E-state index is 0.0179. The van der Waals surface area contributed by atoms with E-state index < -0.39 is 4.92 Å². The van der Waals surface area contributed by atoms with E-state index in [1.165, 1.54) is 12.8 Å². The van der Waals surface area contributed by atoms with E-state index in [1.54, 1.807) is 0 Å². The number of nitro groups is 1. The fourth-order valence-corrected chi connectivity index (χ4v) is 2.00. The molecule has 1 aromatic heterocycles. The summed E-state index contributed by atoms with van der Waals surface area (Å²) in [6, 6.07) is 0.196. The van der Waals surface area contributed by atoms with Crippen LogP contribution in [0.25, 0.3) is 0 Å². The van der Waals surface area contributed by atoms with Gasteiger partial charge in [-0.1, -0.05) is 19.8 Å². The molecule has 98 valence electrons. The summed E-state index contributed by atoms with van der Waals surface area (Å²) in [5, 5.41) is 14.0. The predicted molar refractivity (Wildman–Crippen MR) is 68.7 cm³/mol. The Morgan fingerprint density at radius 2 is 2.39 bits per heavy atom. The summed E-state index contributed by atoms with van der Waals surface area (Å²) < 4.78 is 0. The van der Waals surface area contributed by atoms with Gasteiger partial charge in [0.2, 0.25) is 11.1 Å². The zero-order chi connectivity index (χ0) is 13.1. The summed E-state index contributed by atoms with van der Waals surface area (Å²) in [6.45, 7) is 2.05. The lowest BCUT2D eigenvalue weighted by molar-refractivity contribution is -0.384. The van der Waals surface area contributed by atoms with Crippen molar-refractivity contribution in [3.8, 4) is 0 Å². The number of rotatable bonds is 6. The Balaban J connectivity index is 2.14. The molecule has 1 atom stereocenters. The van der Waals surface area contributed by atoms with Crippen LogP contribution in [0.5, 0.6) is 0 Å². The molecule has 0 amide bonds. The summed E-state index contributed by atoms with van der Waals surface area (Å²) in [4.78, 5) is 17.9. The Morgan fingerprint density at radius 3 is 2.94 bits per heavy atom. The topological polar surface area (TPSA) is 81.0 Å². The van der Waals surface area contributed by atoms with Crippen molar-refractivity contribution < 1.29 is 4.92 Å². The molecule has 0 saturated heterocycles. The van der Waals surface area contributed by atoms with Crippen LogP contribution in [-0.2, 0) is 0 Å². The largest absolute Gasteiger partial charge is 0.361 e. The lowest BCUT2D eigenvalue weighted by Gasteiger charge is -2.16. The van der Waals surface area contributed by atoms with Gasteiger partial charge in [0.25, 0.3) is 0 Å². The maximum absolute atomic E-state index is 10.9. The maximum Gasteiger partial charge on any atom is 0.329 e. The second-order valence-corrected chi connectivity index (χ2v) is 4.90. The summed E-state index contributed by atoms with van der Waals surface area (Å²) in [6.07, 6.45) is 5.57. The number of nitrogens with one attached hydrogen (secondary N) is 1. The van der Waals surface area contributed by atoms with Gasteiger partial charge >= 0.3 is 5.69 Å². The maximum atomic E-state index is 10.9. The summed E-state index contributed by atoms with van der Waals surface area (Å²) in [7, 11) is 0. The summed E-state index contributed by atoms with van der Waals surface area (Å²) >= 11 is 5.68. The van der Waals surface area contributed by atoms with E-state index in [-0.39, 0.29) is 22.8 Å². The molecule has 6 nitrogen and oxygen atoms in total. The second kappa shape index (κ2) is 5.48. The van der Waals surface area contributed by atoms with Crippen molar-refractivity contribution in [3.63, 3.8) is 0 Å². The van der Waals surface area contributed by atoms with Gasteiger partial charge in [0.05, 0.1) is 4.92 Å². The molecule has 0 radical (unpaired) electrons. The van der Waals surface area contributed by atoms with Crippen LogP contribution in [0, 0.1) is 16.0 Å². The summed E-state index contributed by atoms with van der Waals surface area (Å²) in [5.74, 6) is 0.964. The SMILES string of the molecule is CCC(CC1CC1)Nc1nc(Cl)ncc1[N+](=O)[O-]. The molecule has 1 aliphatic carbocycles. The quantitative estimate of drug-likeness (QED) is 0.488. The van der Waals surface area contributed by atoms with Crippen molar-refractivity contribution in [1.82, 2.24) is 9.97 Å². The molecule has 7 heteroatoms. The molecule has 18 heavy (non-hydrogen) atoms. The second-order valence-electron chi connectivity index (χ2n) is 4.56. The van der Waals surface area contributed by atoms with Crippen LogP contribution in [0.3, 0.4) is 0 Å². The molecule has 1 aromatic rings. The van der Waals surface area contributed by atoms with Crippen molar-refractivity contribution in [1.29, 1.82) is 0 Å². The normalized spacial score (nSPS) is 16.3. The zero-order valence-electron chi connectivity index (χ0n) is 10.1. The third-order valence-electron chi connectivity index (χ3n) is 3.09. The van der Waals surface area contributed by atoms with Gasteiger partial charge in [-0.05, 0) is 30.4 Å². The van der Waals surface area contributed by atoms with E-state index in [4.69, 9.17) is 11.6 Å². The van der Waals surface area contributed by atoms with Gasteiger partial charge in [0, 0.05) is 6.04 Å². The predicted octanol–water partition coefficient (Wildman–Crippen LogP) is 3.03. The minimum atomic E-state index is -0.498. The van der Waals surface area contributed by atoms with E-state index in [1.807, 2.05) is 0 Å². The molecule has 1 unspecified atom stereocenters. The first-order valence-corrected chi connectivity index (χ1v) is 6.41. The zero-order valence-corrected chi connectivity index (χ0v) is 10.9. The molecule has 1 heterocycles. The van der Waals surface area contributed by atoms with Gasteiger partial charge in [-0.2, -0.15) is 4.98 Å². The molecule has 1 aliphatic rings. The average molecular weight is 271 g/mol. The molecule has 0 bridgehead atoms. The van der Waals surface area contributed by atoms with Crippen molar-refractivity contribution >= 4 is 23.1 Å². The van der Waals surface area contributed by atoms with Crippen molar-refractivity contribution in [2.24, 2.45) is 5.92 Å². The van der Waals surface area contributed by atoms with Gasteiger partial charge in [0.15, 0.2) is 0 Å². The number of aromatic nitrogens is 2. The fraction of sp³-hybridized carbons (Fsp3) is 0.636. The number of nitrogens with zero attached hydrogens (tertiary/aromatic N) is 3. The van der Waals surface area contributed by atoms with Gasteiger partial charge in [-0.15, -0.1) is 0 Å². The van der Waals surface area contributed by atoms with Gasteiger partial charge in [-0.3, -0.25) is 10.1 Å². The monoisotopic (exact) mass is 270 g/mol. The first-order valence-electron chi connectivity index (χ1n) is 6.03. The van der Waals surface area contributed by atoms with Crippen molar-refractivity contribution in [2.45, 2.75) is 38.6 Å². The Labute approximate surface area is 110 Å². The van der Waals surface area contributed by atoms with Gasteiger partial charge in [-0.25, -0.2) is 4.98 Å². The Hall–Kier alpha value is -1.43. The van der Waals surface area contributed by atoms with Crippen LogP contribution >= 0.6 is 11.6 Å². The minimum Gasteiger partial charge on any atom is -0.361 e. The highest BCUT2D eigenvalue weighted by Crippen LogP contribution is 2.35. The molecular formula is C11H15ClN4O2. The molecule has 0 aromatic carbocycles. The lowest BCUT2D eigenvalue weighted by Crippen LogP contribution is -2.20. The molecule has 1 fully saturated rings. The summed E-state index contributed by atoms with van der Waals surface area (Å²) in [5.41, 5.74) is -0.131. The van der Waals surface area contributed by atoms with E-state index >= 15 is 0 Å². The molecule has 1 N–H and O–H groups in total. The van der Waals surface area contributed by atoms with Crippen molar-refractivity contribution in [2.75, 3.05) is 5.32 Å². The van der Waals surface area contributed by atoms with Gasteiger partial charge < -0.3 is 5.32 Å². The van der Waals surface area contributed by atoms with Gasteiger partial charge in [0.1, 0.15) is 6.20 Å². The van der Waals surface area contributed by atoms with E-state index in [9.17, 15) is 10.1 Å². The van der Waals surface area contributed by atoms with Crippen LogP contribution in [0.15, 0.2) is 6.20 Å². The average Bonchev–Trinajstić information content (AvgIpc) is 3.11. The Morgan fingerprint density at radius 1 is 1.67 bits per heavy atom. The van der Waals surface area contributed by atoms with Crippen LogP contribution in [0.1, 0.15) is 32.6 Å². The number of anilines is 1. The highest BCUT2D eigenvalue weighted by Gasteiger charge is 2.26. The van der Waals surface area contributed by atoms with E-state index in [0.717, 1.165) is 25.0 Å². The van der Waals surface area contributed by atoms with Crippen LogP contribution in [0.2, 0.25) is 5.28 Å². The van der Waals surface area contributed by atoms with Crippen LogP contribution in [-0.4, -0.2) is 20.9 Å². The Bertz CT molecular complexity index is 451.